The fraction of sp³-hybridized carbons (Fsp3) is 0.300. The van der Waals surface area contributed by atoms with Crippen molar-refractivity contribution in [2.75, 3.05) is 7.11 Å². The summed E-state index contributed by atoms with van der Waals surface area (Å²) in [6.07, 6.45) is 2.00. The van der Waals surface area contributed by atoms with Gasteiger partial charge in [0.05, 0.1) is 13.5 Å². The molecule has 3 rings (SSSR count). The Morgan fingerprint density at radius 1 is 1.20 bits per heavy atom. The summed E-state index contributed by atoms with van der Waals surface area (Å²) < 4.78 is 10.4. The second-order valence-electron chi connectivity index (χ2n) is 6.16. The van der Waals surface area contributed by atoms with Crippen molar-refractivity contribution >= 4 is 16.9 Å². The third kappa shape index (κ3) is 4.38. The zero-order valence-corrected chi connectivity index (χ0v) is 14.5. The Morgan fingerprint density at radius 3 is 2.72 bits per heavy atom. The average molecular weight is 338 g/mol. The van der Waals surface area contributed by atoms with E-state index in [-0.39, 0.29) is 18.4 Å². The van der Waals surface area contributed by atoms with Crippen LogP contribution >= 0.6 is 0 Å². The number of aromatic nitrogens is 1. The van der Waals surface area contributed by atoms with Crippen LogP contribution < -0.4 is 10.1 Å². The van der Waals surface area contributed by atoms with Gasteiger partial charge in [-0.25, -0.2) is 0 Å². The van der Waals surface area contributed by atoms with Gasteiger partial charge in [-0.3, -0.25) is 4.79 Å². The molecular formula is C20H22N2O3. The molecular weight excluding hydrogens is 316 g/mol. The van der Waals surface area contributed by atoms with E-state index in [4.69, 9.17) is 9.26 Å². The molecule has 0 fully saturated rings. The molecule has 0 bridgehead atoms. The van der Waals surface area contributed by atoms with Crippen molar-refractivity contribution in [3.8, 4) is 5.75 Å². The van der Waals surface area contributed by atoms with E-state index in [2.05, 4.69) is 22.6 Å². The van der Waals surface area contributed by atoms with Gasteiger partial charge in [0.25, 0.3) is 0 Å². The molecule has 0 saturated carbocycles. The van der Waals surface area contributed by atoms with Crippen LogP contribution in [0.15, 0.2) is 53.1 Å². The highest BCUT2D eigenvalue weighted by atomic mass is 16.5. The smallest absolute Gasteiger partial charge is 0.226 e. The van der Waals surface area contributed by atoms with Crippen molar-refractivity contribution in [2.24, 2.45) is 0 Å². The lowest BCUT2D eigenvalue weighted by Gasteiger charge is -2.13. The molecule has 5 heteroatoms. The number of benzene rings is 2. The number of carbonyl (C=O) groups is 1. The van der Waals surface area contributed by atoms with Crippen LogP contribution in [0.5, 0.6) is 5.75 Å². The fourth-order valence-electron chi connectivity index (χ4n) is 2.79. The minimum atomic E-state index is -0.0405. The number of hydrogen-bond acceptors (Lipinski definition) is 4. The first-order valence-electron chi connectivity index (χ1n) is 8.41. The van der Waals surface area contributed by atoms with Crippen molar-refractivity contribution in [1.29, 1.82) is 0 Å². The summed E-state index contributed by atoms with van der Waals surface area (Å²) >= 11 is 0. The molecule has 1 heterocycles. The molecule has 1 aromatic heterocycles. The summed E-state index contributed by atoms with van der Waals surface area (Å²) in [6, 6.07) is 15.7. The second-order valence-corrected chi connectivity index (χ2v) is 6.16. The number of nitrogens with zero attached hydrogens (tertiary/aromatic N) is 1. The van der Waals surface area contributed by atoms with Crippen LogP contribution in [0.1, 0.15) is 24.6 Å². The summed E-state index contributed by atoms with van der Waals surface area (Å²) in [5.41, 5.74) is 2.61. The van der Waals surface area contributed by atoms with Crippen molar-refractivity contribution < 1.29 is 14.1 Å². The van der Waals surface area contributed by atoms with Crippen molar-refractivity contribution in [2.45, 2.75) is 32.2 Å². The largest absolute Gasteiger partial charge is 0.497 e. The number of fused-ring (bicyclic) bond motifs is 1. The van der Waals surface area contributed by atoms with E-state index < -0.39 is 0 Å². The van der Waals surface area contributed by atoms with Crippen LogP contribution in [0, 0.1) is 0 Å². The molecule has 1 atom stereocenters. The van der Waals surface area contributed by atoms with Gasteiger partial charge < -0.3 is 14.6 Å². The molecule has 1 N–H and O–H groups in total. The van der Waals surface area contributed by atoms with Gasteiger partial charge in [0.2, 0.25) is 5.91 Å². The van der Waals surface area contributed by atoms with Crippen LogP contribution in [-0.4, -0.2) is 24.2 Å². The maximum atomic E-state index is 12.3. The van der Waals surface area contributed by atoms with Crippen LogP contribution in [0.3, 0.4) is 0 Å². The first-order chi connectivity index (χ1) is 12.2. The molecule has 130 valence electrons. The van der Waals surface area contributed by atoms with E-state index in [1.807, 2.05) is 43.3 Å². The van der Waals surface area contributed by atoms with Gasteiger partial charge in [0, 0.05) is 11.4 Å². The fourth-order valence-corrected chi connectivity index (χ4v) is 2.79. The summed E-state index contributed by atoms with van der Waals surface area (Å²) in [6.45, 7) is 2.02. The van der Waals surface area contributed by atoms with E-state index >= 15 is 0 Å². The number of nitrogens with one attached hydrogen (secondary N) is 1. The zero-order valence-electron chi connectivity index (χ0n) is 14.5. The Bertz CT molecular complexity index is 840. The monoisotopic (exact) mass is 338 g/mol. The van der Waals surface area contributed by atoms with Crippen molar-refractivity contribution in [1.82, 2.24) is 10.5 Å². The van der Waals surface area contributed by atoms with E-state index in [0.717, 1.165) is 24.0 Å². The van der Waals surface area contributed by atoms with Gasteiger partial charge in [-0.2, -0.15) is 0 Å². The van der Waals surface area contributed by atoms with Gasteiger partial charge in [-0.05, 0) is 49.6 Å². The average Bonchev–Trinajstić information content (AvgIpc) is 3.03. The minimum absolute atomic E-state index is 0.0405. The second kappa shape index (κ2) is 7.83. The predicted molar refractivity (Wildman–Crippen MR) is 96.6 cm³/mol. The molecule has 0 unspecified atom stereocenters. The van der Waals surface area contributed by atoms with E-state index in [9.17, 15) is 4.79 Å². The third-order valence-electron chi connectivity index (χ3n) is 4.21. The number of aryl methyl sites for hydroxylation is 1. The van der Waals surface area contributed by atoms with Crippen LogP contribution in [0.2, 0.25) is 0 Å². The predicted octanol–water partition coefficient (Wildman–Crippen LogP) is 3.52. The highest BCUT2D eigenvalue weighted by Crippen LogP contribution is 2.18. The lowest BCUT2D eigenvalue weighted by molar-refractivity contribution is -0.121. The number of rotatable bonds is 7. The minimum Gasteiger partial charge on any atom is -0.497 e. The van der Waals surface area contributed by atoms with Crippen molar-refractivity contribution in [3.05, 3.63) is 59.8 Å². The number of amides is 1. The Morgan fingerprint density at radius 2 is 1.96 bits per heavy atom. The normalized spacial score (nSPS) is 12.1. The van der Waals surface area contributed by atoms with Crippen LogP contribution in [0.25, 0.3) is 11.0 Å². The standard InChI is InChI=1S/C20H22N2O3/c1-14(7-8-15-9-11-16(24-2)12-10-15)21-20(23)13-18-17-5-3-4-6-19(17)25-22-18/h3-6,9-12,14H,7-8,13H2,1-2H3,(H,21,23)/t14-/m0/s1. The van der Waals surface area contributed by atoms with Gasteiger partial charge in [0.1, 0.15) is 11.4 Å². The Labute approximate surface area is 147 Å². The SMILES string of the molecule is COc1ccc(CC[C@H](C)NC(=O)Cc2noc3ccccc23)cc1. The number of para-hydroxylation sites is 1. The molecule has 25 heavy (non-hydrogen) atoms. The Hall–Kier alpha value is -2.82. The summed E-state index contributed by atoms with van der Waals surface area (Å²) in [5.74, 6) is 0.811. The first-order valence-corrected chi connectivity index (χ1v) is 8.41. The molecule has 3 aromatic rings. The Kier molecular flexibility index (Phi) is 5.33. The number of methoxy groups -OCH3 is 1. The quantitative estimate of drug-likeness (QED) is 0.716. The lowest BCUT2D eigenvalue weighted by atomic mass is 10.1. The molecule has 0 radical (unpaired) electrons. The summed E-state index contributed by atoms with van der Waals surface area (Å²) in [7, 11) is 1.66. The van der Waals surface area contributed by atoms with Gasteiger partial charge in [0.15, 0.2) is 5.58 Å². The molecule has 2 aromatic carbocycles. The molecule has 0 aliphatic carbocycles. The highest BCUT2D eigenvalue weighted by molar-refractivity contribution is 5.86. The molecule has 0 aliphatic heterocycles. The highest BCUT2D eigenvalue weighted by Gasteiger charge is 2.13. The van der Waals surface area contributed by atoms with Crippen molar-refractivity contribution in [3.63, 3.8) is 0 Å². The third-order valence-corrected chi connectivity index (χ3v) is 4.21. The number of hydrogen-bond donors (Lipinski definition) is 1. The lowest BCUT2D eigenvalue weighted by Crippen LogP contribution is -2.34. The van der Waals surface area contributed by atoms with Gasteiger partial charge in [-0.1, -0.05) is 29.4 Å². The van der Waals surface area contributed by atoms with E-state index in [0.29, 0.717) is 11.3 Å². The molecule has 0 spiro atoms. The summed E-state index contributed by atoms with van der Waals surface area (Å²) in [4.78, 5) is 12.3. The molecule has 0 saturated heterocycles. The maximum Gasteiger partial charge on any atom is 0.226 e. The van der Waals surface area contributed by atoms with Gasteiger partial charge >= 0.3 is 0 Å². The first kappa shape index (κ1) is 17.0. The van der Waals surface area contributed by atoms with E-state index in [1.165, 1.54) is 5.56 Å². The Balaban J connectivity index is 1.50. The molecule has 1 amide bonds. The maximum absolute atomic E-state index is 12.3. The van der Waals surface area contributed by atoms with Crippen LogP contribution in [-0.2, 0) is 17.6 Å². The topological polar surface area (TPSA) is 64.4 Å². The molecule has 0 aliphatic rings. The zero-order chi connectivity index (χ0) is 17.6. The number of carbonyl (C=O) groups excluding carboxylic acids is 1. The van der Waals surface area contributed by atoms with E-state index in [1.54, 1.807) is 7.11 Å². The molecule has 5 nitrogen and oxygen atoms in total. The van der Waals surface area contributed by atoms with Gasteiger partial charge in [-0.15, -0.1) is 0 Å². The summed E-state index contributed by atoms with van der Waals surface area (Å²) in [5, 5.41) is 7.93. The van der Waals surface area contributed by atoms with Crippen LogP contribution in [0.4, 0.5) is 0 Å². The number of ether oxygens (including phenoxy) is 1.